The van der Waals surface area contributed by atoms with Crippen LogP contribution in [-0.2, 0) is 14.8 Å². The van der Waals surface area contributed by atoms with Gasteiger partial charge in [-0.3, -0.25) is 0 Å². The molecule has 3 heterocycles. The first-order valence-electron chi connectivity index (χ1n) is 8.89. The molecule has 7 nitrogen and oxygen atoms in total. The van der Waals surface area contributed by atoms with E-state index in [0.29, 0.717) is 19.0 Å². The van der Waals surface area contributed by atoms with Crippen molar-refractivity contribution in [1.82, 2.24) is 9.21 Å². The Morgan fingerprint density at radius 2 is 2.19 bits per heavy atom. The molecule has 4 rings (SSSR count). The van der Waals surface area contributed by atoms with E-state index in [1.54, 1.807) is 0 Å². The monoisotopic (exact) mass is 380 g/mol. The number of carboxylic acids is 1. The van der Waals surface area contributed by atoms with Crippen molar-refractivity contribution in [2.24, 2.45) is 11.8 Å². The third-order valence-corrected chi connectivity index (χ3v) is 7.85. The fourth-order valence-electron chi connectivity index (χ4n) is 4.94. The van der Waals surface area contributed by atoms with Gasteiger partial charge in [0.1, 0.15) is 0 Å². The van der Waals surface area contributed by atoms with Crippen LogP contribution in [0.25, 0.3) is 0 Å². The normalized spacial score (nSPS) is 33.7. The average molecular weight is 380 g/mol. The SMILES string of the molecule is CN(C)C[C@H]1[C@H]2CN(S(=O)(=O)c3cccc(C(=O)O)c3)C[C@]23CC[C@H]1O3. The van der Waals surface area contributed by atoms with E-state index < -0.39 is 16.0 Å². The van der Waals surface area contributed by atoms with Gasteiger partial charge in [-0.1, -0.05) is 6.07 Å². The van der Waals surface area contributed by atoms with Crippen LogP contribution in [0.15, 0.2) is 29.2 Å². The molecule has 1 spiro atoms. The van der Waals surface area contributed by atoms with E-state index in [2.05, 4.69) is 4.90 Å². The molecule has 2 bridgehead atoms. The van der Waals surface area contributed by atoms with Gasteiger partial charge in [0.2, 0.25) is 10.0 Å². The molecule has 142 valence electrons. The average Bonchev–Trinajstić information content (AvgIpc) is 3.24. The lowest BCUT2D eigenvalue weighted by Gasteiger charge is -2.31. The topological polar surface area (TPSA) is 87.2 Å². The van der Waals surface area contributed by atoms with Gasteiger partial charge in [0.05, 0.1) is 22.2 Å². The molecular formula is C18H24N2O5S. The Kier molecular flexibility index (Phi) is 4.15. The van der Waals surface area contributed by atoms with E-state index in [1.165, 1.54) is 28.6 Å². The fourth-order valence-corrected chi connectivity index (χ4v) is 6.51. The molecule has 26 heavy (non-hydrogen) atoms. The molecule has 1 aromatic rings. The lowest BCUT2D eigenvalue weighted by atomic mass is 9.73. The minimum atomic E-state index is -3.74. The van der Waals surface area contributed by atoms with Gasteiger partial charge in [-0.2, -0.15) is 4.31 Å². The molecule has 3 aliphatic rings. The van der Waals surface area contributed by atoms with Gasteiger partial charge in [0.15, 0.2) is 0 Å². The van der Waals surface area contributed by atoms with E-state index >= 15 is 0 Å². The van der Waals surface area contributed by atoms with Crippen LogP contribution in [0.4, 0.5) is 0 Å². The minimum Gasteiger partial charge on any atom is -0.478 e. The summed E-state index contributed by atoms with van der Waals surface area (Å²) < 4.78 is 34.0. The van der Waals surface area contributed by atoms with E-state index in [9.17, 15) is 13.2 Å². The second-order valence-electron chi connectivity index (χ2n) is 7.92. The zero-order valence-corrected chi connectivity index (χ0v) is 15.8. The summed E-state index contributed by atoms with van der Waals surface area (Å²) in [5, 5.41) is 9.14. The van der Waals surface area contributed by atoms with Crippen LogP contribution in [0.2, 0.25) is 0 Å². The number of rotatable bonds is 5. The number of hydrogen-bond acceptors (Lipinski definition) is 5. The van der Waals surface area contributed by atoms with Crippen molar-refractivity contribution in [1.29, 1.82) is 0 Å². The third-order valence-electron chi connectivity index (χ3n) is 6.05. The molecule has 3 fully saturated rings. The Morgan fingerprint density at radius 3 is 2.88 bits per heavy atom. The molecule has 1 N–H and O–H groups in total. The van der Waals surface area contributed by atoms with Gasteiger partial charge in [0, 0.05) is 31.5 Å². The first kappa shape index (κ1) is 17.9. The Bertz CT molecular complexity index is 840. The molecular weight excluding hydrogens is 356 g/mol. The summed E-state index contributed by atoms with van der Waals surface area (Å²) in [5.74, 6) is -0.600. The minimum absolute atomic E-state index is 0.0219. The highest BCUT2D eigenvalue weighted by Gasteiger charge is 2.64. The van der Waals surface area contributed by atoms with Crippen molar-refractivity contribution in [3.05, 3.63) is 29.8 Å². The molecule has 0 radical (unpaired) electrons. The van der Waals surface area contributed by atoms with Gasteiger partial charge < -0.3 is 14.7 Å². The Morgan fingerprint density at radius 1 is 1.42 bits per heavy atom. The highest BCUT2D eigenvalue weighted by atomic mass is 32.2. The van der Waals surface area contributed by atoms with E-state index in [0.717, 1.165) is 19.4 Å². The number of fused-ring (bicyclic) bond motifs is 1. The molecule has 8 heteroatoms. The number of carbonyl (C=O) groups is 1. The Balaban J connectivity index is 1.62. The van der Waals surface area contributed by atoms with Crippen molar-refractivity contribution in [3.8, 4) is 0 Å². The summed E-state index contributed by atoms with van der Waals surface area (Å²) >= 11 is 0. The van der Waals surface area contributed by atoms with Crippen molar-refractivity contribution in [2.45, 2.75) is 29.4 Å². The van der Waals surface area contributed by atoms with Crippen molar-refractivity contribution < 1.29 is 23.1 Å². The number of benzene rings is 1. The second kappa shape index (κ2) is 6.02. The zero-order chi connectivity index (χ0) is 18.7. The van der Waals surface area contributed by atoms with Crippen LogP contribution in [0.1, 0.15) is 23.2 Å². The number of ether oxygens (including phenoxy) is 1. The second-order valence-corrected chi connectivity index (χ2v) is 9.86. The molecule has 3 saturated heterocycles. The predicted molar refractivity (Wildman–Crippen MR) is 94.5 cm³/mol. The molecule has 0 saturated carbocycles. The van der Waals surface area contributed by atoms with Crippen LogP contribution >= 0.6 is 0 Å². The molecule has 0 amide bonds. The number of hydrogen-bond donors (Lipinski definition) is 1. The fraction of sp³-hybridized carbons (Fsp3) is 0.611. The van der Waals surface area contributed by atoms with Crippen LogP contribution in [0.5, 0.6) is 0 Å². The first-order valence-corrected chi connectivity index (χ1v) is 10.3. The molecule has 1 aromatic carbocycles. The maximum absolute atomic E-state index is 13.1. The molecule has 0 aromatic heterocycles. The van der Waals surface area contributed by atoms with E-state index in [4.69, 9.17) is 9.84 Å². The van der Waals surface area contributed by atoms with Crippen LogP contribution in [0.3, 0.4) is 0 Å². The van der Waals surface area contributed by atoms with Gasteiger partial charge in [-0.25, -0.2) is 13.2 Å². The van der Waals surface area contributed by atoms with Crippen LogP contribution < -0.4 is 0 Å². The van der Waals surface area contributed by atoms with E-state index in [1.807, 2.05) is 14.1 Å². The Labute approximate surface area is 153 Å². The van der Waals surface area contributed by atoms with Gasteiger partial charge in [-0.15, -0.1) is 0 Å². The van der Waals surface area contributed by atoms with Gasteiger partial charge >= 0.3 is 5.97 Å². The highest BCUT2D eigenvalue weighted by molar-refractivity contribution is 7.89. The molecule has 3 aliphatic heterocycles. The van der Waals surface area contributed by atoms with Crippen molar-refractivity contribution in [3.63, 3.8) is 0 Å². The molecule has 0 unspecified atom stereocenters. The standard InChI is InChI=1S/C18H24N2O5S/c1-19(2)9-14-15-10-20(11-18(15)7-6-16(14)25-18)26(23,24)13-5-3-4-12(8-13)17(21)22/h3-5,8,14-16H,6-7,9-11H2,1-2H3,(H,21,22)/t14-,15+,16+,18+/m0/s1. The smallest absolute Gasteiger partial charge is 0.335 e. The third kappa shape index (κ3) is 2.67. The number of carboxylic acid groups (broad SMARTS) is 1. The number of sulfonamides is 1. The molecule has 4 atom stereocenters. The summed E-state index contributed by atoms with van der Waals surface area (Å²) in [6.45, 7) is 1.69. The zero-order valence-electron chi connectivity index (χ0n) is 15.0. The van der Waals surface area contributed by atoms with Crippen molar-refractivity contribution in [2.75, 3.05) is 33.7 Å². The predicted octanol–water partition coefficient (Wildman–Crippen LogP) is 1.11. The summed E-state index contributed by atoms with van der Waals surface area (Å²) in [7, 11) is 0.313. The molecule has 0 aliphatic carbocycles. The maximum atomic E-state index is 13.1. The van der Waals surface area contributed by atoms with Gasteiger partial charge in [0.25, 0.3) is 0 Å². The number of nitrogens with zero attached hydrogens (tertiary/aromatic N) is 2. The van der Waals surface area contributed by atoms with Crippen LogP contribution in [0, 0.1) is 11.8 Å². The largest absolute Gasteiger partial charge is 0.478 e. The van der Waals surface area contributed by atoms with Gasteiger partial charge in [-0.05, 0) is 45.1 Å². The first-order chi connectivity index (χ1) is 12.2. The summed E-state index contributed by atoms with van der Waals surface area (Å²) in [6.07, 6.45) is 2.10. The lowest BCUT2D eigenvalue weighted by molar-refractivity contribution is 0.00739. The maximum Gasteiger partial charge on any atom is 0.335 e. The number of aromatic carboxylic acids is 1. The van der Waals surface area contributed by atoms with Crippen molar-refractivity contribution >= 4 is 16.0 Å². The lowest BCUT2D eigenvalue weighted by Crippen LogP contribution is -2.40. The summed E-state index contributed by atoms with van der Waals surface area (Å²) in [5.41, 5.74) is -0.394. The summed E-state index contributed by atoms with van der Waals surface area (Å²) in [4.78, 5) is 13.3. The summed E-state index contributed by atoms with van der Waals surface area (Å²) in [6, 6.07) is 5.57. The highest BCUT2D eigenvalue weighted by Crippen LogP contribution is 2.55. The van der Waals surface area contributed by atoms with E-state index in [-0.39, 0.29) is 28.1 Å². The van der Waals surface area contributed by atoms with Crippen LogP contribution in [-0.4, -0.2) is 74.1 Å². The Hall–Kier alpha value is -1.48. The quantitative estimate of drug-likeness (QED) is 0.824.